The van der Waals surface area contributed by atoms with Crippen LogP contribution in [0.25, 0.3) is 0 Å². The van der Waals surface area contributed by atoms with E-state index in [-0.39, 0.29) is 0 Å². The second kappa shape index (κ2) is 3.24. The molecule has 1 atom stereocenters. The summed E-state index contributed by atoms with van der Waals surface area (Å²) < 4.78 is 61.8. The molecule has 9 heteroatoms. The van der Waals surface area contributed by atoms with Gasteiger partial charge in [-0.15, -0.1) is 0 Å². The van der Waals surface area contributed by atoms with Crippen molar-refractivity contribution in [3.63, 3.8) is 0 Å². The van der Waals surface area contributed by atoms with Crippen LogP contribution in [-0.2, 0) is 10.8 Å². The van der Waals surface area contributed by atoms with Crippen molar-refractivity contribution >= 4 is 34.0 Å². The second-order valence-electron chi connectivity index (χ2n) is 2.36. The summed E-state index contributed by atoms with van der Waals surface area (Å²) in [4.78, 5) is -3.55. The standard InChI is InChI=1S/C5H2Cl2F4NOS/c6-4(8,9)3(5(7,10)11)12-1-2-14(3)13/h2,12H/q-1. The lowest BCUT2D eigenvalue weighted by atomic mass is 10.3. The molecule has 0 spiro atoms. The summed E-state index contributed by atoms with van der Waals surface area (Å²) in [5.74, 6) is 0. The Bertz CT molecular complexity index is 283. The summed E-state index contributed by atoms with van der Waals surface area (Å²) in [6.45, 7) is 0. The molecule has 0 saturated carbocycles. The maximum absolute atomic E-state index is 12.7. The molecule has 0 saturated heterocycles. The average Bonchev–Trinajstić information content (AvgIpc) is 2.27. The van der Waals surface area contributed by atoms with E-state index >= 15 is 0 Å². The minimum atomic E-state index is -4.48. The van der Waals surface area contributed by atoms with Crippen molar-refractivity contribution in [1.82, 2.24) is 5.32 Å². The molecule has 82 valence electrons. The van der Waals surface area contributed by atoms with Gasteiger partial charge in [0.1, 0.15) is 0 Å². The monoisotopic (exact) mass is 270 g/mol. The van der Waals surface area contributed by atoms with Gasteiger partial charge in [0.2, 0.25) is 4.87 Å². The number of halogens is 6. The maximum Gasteiger partial charge on any atom is 0.361 e. The van der Waals surface area contributed by atoms with E-state index in [0.29, 0.717) is 5.41 Å². The smallest absolute Gasteiger partial charge is 0.361 e. The molecule has 0 amide bonds. The molecule has 0 aromatic rings. The van der Waals surface area contributed by atoms with E-state index in [1.807, 2.05) is 0 Å². The van der Waals surface area contributed by atoms with Crippen molar-refractivity contribution in [2.45, 2.75) is 15.6 Å². The van der Waals surface area contributed by atoms with Gasteiger partial charge in [-0.05, 0) is 23.2 Å². The quantitative estimate of drug-likeness (QED) is 0.472. The highest BCUT2D eigenvalue weighted by molar-refractivity contribution is 7.89. The Morgan fingerprint density at radius 3 is 1.86 bits per heavy atom. The predicted octanol–water partition coefficient (Wildman–Crippen LogP) is 1.97. The van der Waals surface area contributed by atoms with Gasteiger partial charge >= 0.3 is 10.8 Å². The number of alkyl halides is 6. The molecule has 0 aromatic heterocycles. The van der Waals surface area contributed by atoms with Crippen molar-refractivity contribution in [1.29, 1.82) is 0 Å². The van der Waals surface area contributed by atoms with E-state index in [2.05, 4.69) is 23.2 Å². The Morgan fingerprint density at radius 1 is 1.29 bits per heavy atom. The largest absolute Gasteiger partial charge is 0.539 e. The predicted molar refractivity (Wildman–Crippen MR) is 43.4 cm³/mol. The SMILES string of the molecule is O=S1C=[C-]NC1(C(F)(F)Cl)C(F)(F)Cl. The van der Waals surface area contributed by atoms with Crippen molar-refractivity contribution in [3.05, 3.63) is 11.6 Å². The van der Waals surface area contributed by atoms with Crippen LogP contribution in [-0.4, -0.2) is 19.8 Å². The Balaban J connectivity index is 3.26. The van der Waals surface area contributed by atoms with Crippen LogP contribution < -0.4 is 5.32 Å². The molecular formula is C5H2Cl2F4NOS-. The Labute approximate surface area is 88.7 Å². The molecule has 0 aromatic carbocycles. The lowest BCUT2D eigenvalue weighted by Crippen LogP contribution is -2.64. The zero-order valence-electron chi connectivity index (χ0n) is 6.16. The fourth-order valence-electron chi connectivity index (χ4n) is 0.854. The highest BCUT2D eigenvalue weighted by Crippen LogP contribution is 2.49. The summed E-state index contributed by atoms with van der Waals surface area (Å²) >= 11 is 8.92. The van der Waals surface area contributed by atoms with Gasteiger partial charge in [0.25, 0.3) is 0 Å². The Kier molecular flexibility index (Phi) is 2.80. The van der Waals surface area contributed by atoms with Crippen LogP contribution in [0.15, 0.2) is 5.41 Å². The molecule has 1 N–H and O–H groups in total. The molecule has 14 heavy (non-hydrogen) atoms. The van der Waals surface area contributed by atoms with E-state index in [4.69, 9.17) is 0 Å². The van der Waals surface area contributed by atoms with E-state index in [1.165, 1.54) is 5.32 Å². The zero-order chi connectivity index (χ0) is 11.2. The van der Waals surface area contributed by atoms with Crippen LogP contribution in [0.1, 0.15) is 0 Å². The van der Waals surface area contributed by atoms with Crippen LogP contribution in [0, 0.1) is 6.20 Å². The third kappa shape index (κ3) is 1.51. The first-order valence-corrected chi connectivity index (χ1v) is 5.00. The third-order valence-electron chi connectivity index (χ3n) is 1.51. The summed E-state index contributed by atoms with van der Waals surface area (Å²) in [5.41, 5.74) is 0. The molecule has 0 bridgehead atoms. The molecule has 0 radical (unpaired) electrons. The van der Waals surface area contributed by atoms with Gasteiger partial charge in [0, 0.05) is 0 Å². The number of nitrogens with one attached hydrogen (secondary N) is 1. The normalized spacial score (nSPS) is 26.3. The topological polar surface area (TPSA) is 29.1 Å². The number of hydrogen-bond donors (Lipinski definition) is 1. The van der Waals surface area contributed by atoms with E-state index < -0.39 is 26.4 Å². The van der Waals surface area contributed by atoms with Gasteiger partial charge < -0.3 is 11.5 Å². The van der Waals surface area contributed by atoms with Gasteiger partial charge in [-0.1, -0.05) is 0 Å². The van der Waals surface area contributed by atoms with Gasteiger partial charge in [0.15, 0.2) is 0 Å². The molecule has 1 unspecified atom stereocenters. The van der Waals surface area contributed by atoms with Crippen LogP contribution in [0.4, 0.5) is 17.6 Å². The molecule has 0 fully saturated rings. The highest BCUT2D eigenvalue weighted by Gasteiger charge is 2.69. The highest BCUT2D eigenvalue weighted by atomic mass is 35.5. The first-order chi connectivity index (χ1) is 6.13. The lowest BCUT2D eigenvalue weighted by molar-refractivity contribution is -0.0682. The molecule has 2 nitrogen and oxygen atoms in total. The fraction of sp³-hybridized carbons (Fsp3) is 0.600. The fourth-order valence-corrected chi connectivity index (χ4v) is 2.65. The molecule has 1 aliphatic rings. The van der Waals surface area contributed by atoms with Crippen LogP contribution >= 0.6 is 23.2 Å². The molecule has 1 aliphatic heterocycles. The van der Waals surface area contributed by atoms with Gasteiger partial charge in [-0.25, -0.2) is 0 Å². The first kappa shape index (κ1) is 12.1. The zero-order valence-corrected chi connectivity index (χ0v) is 8.49. The summed E-state index contributed by atoms with van der Waals surface area (Å²) in [5, 5.41) is -7.03. The third-order valence-corrected chi connectivity index (χ3v) is 3.86. The summed E-state index contributed by atoms with van der Waals surface area (Å²) in [7, 11) is -2.77. The van der Waals surface area contributed by atoms with Gasteiger partial charge in [0.05, 0.1) is 10.8 Å². The number of hydrogen-bond acceptors (Lipinski definition) is 2. The van der Waals surface area contributed by atoms with Crippen LogP contribution in [0.5, 0.6) is 0 Å². The maximum atomic E-state index is 12.7. The molecule has 0 aliphatic carbocycles. The minimum absolute atomic E-state index is 0.507. The minimum Gasteiger partial charge on any atom is -0.539 e. The Hall–Kier alpha value is -0.0100. The summed E-state index contributed by atoms with van der Waals surface area (Å²) in [6.07, 6.45) is 1.77. The van der Waals surface area contributed by atoms with Gasteiger partial charge in [-0.3, -0.25) is 4.21 Å². The molecule has 1 rings (SSSR count). The van der Waals surface area contributed by atoms with Crippen LogP contribution in [0.2, 0.25) is 0 Å². The lowest BCUT2D eigenvalue weighted by Gasteiger charge is -2.39. The van der Waals surface area contributed by atoms with Gasteiger partial charge in [-0.2, -0.15) is 23.0 Å². The van der Waals surface area contributed by atoms with Crippen molar-refractivity contribution in [2.75, 3.05) is 0 Å². The number of rotatable bonds is 2. The Morgan fingerprint density at radius 2 is 1.71 bits per heavy atom. The van der Waals surface area contributed by atoms with E-state index in [9.17, 15) is 21.8 Å². The average molecular weight is 271 g/mol. The van der Waals surface area contributed by atoms with Crippen molar-refractivity contribution in [2.24, 2.45) is 0 Å². The molecule has 1 heterocycles. The van der Waals surface area contributed by atoms with E-state index in [1.54, 1.807) is 6.20 Å². The van der Waals surface area contributed by atoms with Crippen molar-refractivity contribution < 1.29 is 21.8 Å². The van der Waals surface area contributed by atoms with Crippen molar-refractivity contribution in [3.8, 4) is 0 Å². The van der Waals surface area contributed by atoms with E-state index in [0.717, 1.165) is 0 Å². The summed E-state index contributed by atoms with van der Waals surface area (Å²) in [6, 6.07) is 0. The second-order valence-corrected chi connectivity index (χ2v) is 4.75. The van der Waals surface area contributed by atoms with Crippen LogP contribution in [0.3, 0.4) is 0 Å². The molecular weight excluding hydrogens is 269 g/mol. The first-order valence-electron chi connectivity index (χ1n) is 3.03.